The second-order valence-electron chi connectivity index (χ2n) is 7.21. The third-order valence-electron chi connectivity index (χ3n) is 5.49. The van der Waals surface area contributed by atoms with Gasteiger partial charge in [-0.3, -0.25) is 0 Å². The van der Waals surface area contributed by atoms with Crippen LogP contribution in [0.2, 0.25) is 0 Å². The van der Waals surface area contributed by atoms with Crippen LogP contribution in [0.15, 0.2) is 78.9 Å². The summed E-state index contributed by atoms with van der Waals surface area (Å²) in [7, 11) is 0. The van der Waals surface area contributed by atoms with Crippen LogP contribution in [0.4, 0.5) is 0 Å². The molecule has 0 aliphatic rings. The van der Waals surface area contributed by atoms with Gasteiger partial charge in [-0.15, -0.1) is 11.3 Å². The van der Waals surface area contributed by atoms with Crippen molar-refractivity contribution in [2.75, 3.05) is 0 Å². The molecule has 1 N–H and O–H groups in total. The van der Waals surface area contributed by atoms with Gasteiger partial charge in [-0.2, -0.15) is 0 Å². The van der Waals surface area contributed by atoms with Gasteiger partial charge in [0.05, 0.1) is 0 Å². The van der Waals surface area contributed by atoms with Gasteiger partial charge >= 0.3 is 0 Å². The average Bonchev–Trinajstić information content (AvgIpc) is 3.25. The molecule has 2 heterocycles. The van der Waals surface area contributed by atoms with Crippen molar-refractivity contribution in [2.24, 2.45) is 0 Å². The average molecular weight is 363 g/mol. The number of hydrogen-bond acceptors (Lipinski definition) is 1. The molecule has 6 aromatic rings. The van der Waals surface area contributed by atoms with E-state index in [4.69, 9.17) is 0 Å². The second kappa shape index (κ2) is 5.45. The minimum atomic E-state index is 1.20. The van der Waals surface area contributed by atoms with Crippen LogP contribution in [0.5, 0.6) is 0 Å². The summed E-state index contributed by atoms with van der Waals surface area (Å²) in [5.74, 6) is 0. The van der Waals surface area contributed by atoms with Gasteiger partial charge in [0.15, 0.2) is 0 Å². The molecule has 0 atom stereocenters. The highest BCUT2D eigenvalue weighted by Crippen LogP contribution is 2.41. The summed E-state index contributed by atoms with van der Waals surface area (Å²) in [5.41, 5.74) is 6.21. The van der Waals surface area contributed by atoms with E-state index in [0.29, 0.717) is 0 Å². The van der Waals surface area contributed by atoms with Gasteiger partial charge in [0.25, 0.3) is 0 Å². The molecule has 0 amide bonds. The number of rotatable bonds is 1. The fourth-order valence-corrected chi connectivity index (χ4v) is 5.36. The van der Waals surface area contributed by atoms with Crippen LogP contribution in [0, 0.1) is 6.92 Å². The Bertz CT molecular complexity index is 1470. The standard InChI is InChI=1S/C25H17NS/c1-15-6-8-16(9-7-15)17-10-11-20-22(14-17)26-21-13-12-19-18-4-2-3-5-23(18)27-25(19)24(20)21/h2-14,26H,1H3. The Morgan fingerprint density at radius 2 is 1.44 bits per heavy atom. The van der Waals surface area contributed by atoms with Gasteiger partial charge in [-0.25, -0.2) is 0 Å². The van der Waals surface area contributed by atoms with Crippen molar-refractivity contribution in [3.8, 4) is 11.1 Å². The maximum absolute atomic E-state index is 3.64. The molecule has 1 nitrogen and oxygen atoms in total. The highest BCUT2D eigenvalue weighted by Gasteiger charge is 2.13. The maximum atomic E-state index is 3.64. The van der Waals surface area contributed by atoms with E-state index in [1.807, 2.05) is 11.3 Å². The maximum Gasteiger partial charge on any atom is 0.0479 e. The molecule has 2 aromatic heterocycles. The van der Waals surface area contributed by atoms with Crippen molar-refractivity contribution >= 4 is 53.3 Å². The molecule has 0 fully saturated rings. The summed E-state index contributed by atoms with van der Waals surface area (Å²) >= 11 is 1.89. The van der Waals surface area contributed by atoms with Gasteiger partial charge in [0, 0.05) is 42.0 Å². The molecular weight excluding hydrogens is 346 g/mol. The number of aromatic nitrogens is 1. The first-order valence-electron chi connectivity index (χ1n) is 9.21. The van der Waals surface area contributed by atoms with Crippen molar-refractivity contribution in [1.82, 2.24) is 4.98 Å². The molecule has 0 unspecified atom stereocenters. The molecule has 0 radical (unpaired) electrons. The van der Waals surface area contributed by atoms with Gasteiger partial charge in [0.1, 0.15) is 0 Å². The number of aryl methyl sites for hydroxylation is 1. The minimum Gasteiger partial charge on any atom is -0.354 e. The van der Waals surface area contributed by atoms with Crippen molar-refractivity contribution in [1.29, 1.82) is 0 Å². The molecular formula is C25H17NS. The van der Waals surface area contributed by atoms with Crippen LogP contribution in [0.1, 0.15) is 5.56 Å². The number of fused-ring (bicyclic) bond motifs is 7. The van der Waals surface area contributed by atoms with E-state index >= 15 is 0 Å². The van der Waals surface area contributed by atoms with Crippen molar-refractivity contribution in [2.45, 2.75) is 6.92 Å². The zero-order valence-corrected chi connectivity index (χ0v) is 15.7. The lowest BCUT2D eigenvalue weighted by atomic mass is 10.0. The molecule has 0 bridgehead atoms. The summed E-state index contributed by atoms with van der Waals surface area (Å²) < 4.78 is 2.73. The van der Waals surface area contributed by atoms with E-state index in [2.05, 4.69) is 90.8 Å². The number of hydrogen-bond donors (Lipinski definition) is 1. The minimum absolute atomic E-state index is 1.20. The molecule has 0 spiro atoms. The molecule has 2 heteroatoms. The third-order valence-corrected chi connectivity index (χ3v) is 6.69. The second-order valence-corrected chi connectivity index (χ2v) is 8.27. The zero-order valence-electron chi connectivity index (χ0n) is 14.9. The molecule has 128 valence electrons. The van der Waals surface area contributed by atoms with E-state index < -0.39 is 0 Å². The molecule has 0 saturated heterocycles. The Labute approximate surface area is 160 Å². The first-order valence-corrected chi connectivity index (χ1v) is 10.0. The first-order chi connectivity index (χ1) is 13.3. The van der Waals surface area contributed by atoms with Crippen LogP contribution >= 0.6 is 11.3 Å². The molecule has 27 heavy (non-hydrogen) atoms. The third kappa shape index (κ3) is 2.17. The van der Waals surface area contributed by atoms with Gasteiger partial charge in [0.2, 0.25) is 0 Å². The number of thiophene rings is 1. The predicted octanol–water partition coefficient (Wildman–Crippen LogP) is 7.66. The largest absolute Gasteiger partial charge is 0.354 e. The van der Waals surface area contributed by atoms with Crippen LogP contribution in [-0.4, -0.2) is 4.98 Å². The van der Waals surface area contributed by atoms with Crippen molar-refractivity contribution < 1.29 is 0 Å². The summed E-state index contributed by atoms with van der Waals surface area (Å²) in [4.78, 5) is 3.64. The Morgan fingerprint density at radius 1 is 0.667 bits per heavy atom. The molecule has 0 saturated carbocycles. The Balaban J connectivity index is 1.66. The van der Waals surface area contributed by atoms with Crippen molar-refractivity contribution in [3.05, 3.63) is 84.4 Å². The van der Waals surface area contributed by atoms with Crippen LogP contribution in [-0.2, 0) is 0 Å². The quantitative estimate of drug-likeness (QED) is 0.308. The van der Waals surface area contributed by atoms with E-state index in [9.17, 15) is 0 Å². The van der Waals surface area contributed by atoms with E-state index in [1.54, 1.807) is 0 Å². The number of benzene rings is 4. The summed E-state index contributed by atoms with van der Waals surface area (Å²) in [6.45, 7) is 2.13. The molecule has 6 rings (SSSR count). The van der Waals surface area contributed by atoms with E-state index in [-0.39, 0.29) is 0 Å². The Kier molecular flexibility index (Phi) is 3.03. The van der Waals surface area contributed by atoms with Gasteiger partial charge in [-0.1, -0.05) is 66.2 Å². The molecule has 4 aromatic carbocycles. The van der Waals surface area contributed by atoms with Crippen LogP contribution < -0.4 is 0 Å². The zero-order chi connectivity index (χ0) is 18.0. The van der Waals surface area contributed by atoms with Gasteiger partial charge in [-0.05, 0) is 36.2 Å². The molecule has 0 aliphatic carbocycles. The van der Waals surface area contributed by atoms with Crippen LogP contribution in [0.25, 0.3) is 53.1 Å². The number of nitrogens with one attached hydrogen (secondary N) is 1. The lowest BCUT2D eigenvalue weighted by molar-refractivity contribution is 1.47. The fraction of sp³-hybridized carbons (Fsp3) is 0.0400. The Hall–Kier alpha value is -3.10. The van der Waals surface area contributed by atoms with Crippen molar-refractivity contribution in [3.63, 3.8) is 0 Å². The summed E-state index contributed by atoms with van der Waals surface area (Å²) in [6, 6.07) is 28.7. The lowest BCUT2D eigenvalue weighted by Crippen LogP contribution is -1.79. The smallest absolute Gasteiger partial charge is 0.0479 e. The van der Waals surface area contributed by atoms with Gasteiger partial charge < -0.3 is 4.98 Å². The highest BCUT2D eigenvalue weighted by atomic mass is 32.1. The lowest BCUT2D eigenvalue weighted by Gasteiger charge is -2.03. The fourth-order valence-electron chi connectivity index (χ4n) is 4.10. The topological polar surface area (TPSA) is 15.8 Å². The normalized spacial score (nSPS) is 11.9. The first kappa shape index (κ1) is 15.0. The van der Waals surface area contributed by atoms with E-state index in [1.165, 1.54) is 58.7 Å². The Morgan fingerprint density at radius 3 is 2.33 bits per heavy atom. The highest BCUT2D eigenvalue weighted by molar-refractivity contribution is 7.26. The summed E-state index contributed by atoms with van der Waals surface area (Å²) in [6.07, 6.45) is 0. The number of aromatic amines is 1. The SMILES string of the molecule is Cc1ccc(-c2ccc3c(c2)[nH]c2ccc4c5ccccc5sc4c23)cc1. The van der Waals surface area contributed by atoms with Crippen LogP contribution in [0.3, 0.4) is 0 Å². The molecule has 0 aliphatic heterocycles. The monoisotopic (exact) mass is 363 g/mol. The summed E-state index contributed by atoms with van der Waals surface area (Å²) in [5, 5.41) is 5.36. The predicted molar refractivity (Wildman–Crippen MR) is 119 cm³/mol. The van der Waals surface area contributed by atoms with E-state index in [0.717, 1.165) is 0 Å². The number of H-pyrrole nitrogens is 1.